The third-order valence-corrected chi connectivity index (χ3v) is 4.15. The van der Waals surface area contributed by atoms with Gasteiger partial charge in [-0.25, -0.2) is 4.39 Å². The normalized spacial score (nSPS) is 29.1. The fraction of sp³-hybridized carbons (Fsp3) is 0.571. The lowest BCUT2D eigenvalue weighted by atomic mass is 9.80. The average Bonchev–Trinajstić information content (AvgIpc) is 2.22. The Morgan fingerprint density at radius 1 is 1.18 bits per heavy atom. The van der Waals surface area contributed by atoms with Crippen molar-refractivity contribution < 1.29 is 9.13 Å². The Morgan fingerprint density at radius 3 is 2.59 bits per heavy atom. The molecule has 94 valence electrons. The monoisotopic (exact) mass is 300 g/mol. The summed E-state index contributed by atoms with van der Waals surface area (Å²) in [5.41, 5.74) is 0. The summed E-state index contributed by atoms with van der Waals surface area (Å²) in [6.45, 7) is 4.56. The van der Waals surface area contributed by atoms with E-state index in [0.717, 1.165) is 23.2 Å². The topological polar surface area (TPSA) is 9.23 Å². The molecule has 3 unspecified atom stereocenters. The largest absolute Gasteiger partial charge is 0.490 e. The molecule has 0 amide bonds. The Bertz CT molecular complexity index is 374. The standard InChI is InChI=1S/C14H18BrFO/c1-9-3-4-13(5-10(9)2)17-14-7-11(15)6-12(16)8-14/h6-10,13H,3-5H2,1-2H3. The highest BCUT2D eigenvalue weighted by Gasteiger charge is 2.25. The summed E-state index contributed by atoms with van der Waals surface area (Å²) in [6, 6.07) is 4.72. The highest BCUT2D eigenvalue weighted by Crippen LogP contribution is 2.32. The summed E-state index contributed by atoms with van der Waals surface area (Å²) < 4.78 is 19.8. The number of rotatable bonds is 2. The first-order chi connectivity index (χ1) is 8.04. The van der Waals surface area contributed by atoms with Gasteiger partial charge in [0.1, 0.15) is 11.6 Å². The van der Waals surface area contributed by atoms with Crippen molar-refractivity contribution in [2.45, 2.75) is 39.2 Å². The summed E-state index contributed by atoms with van der Waals surface area (Å²) in [5, 5.41) is 0. The Morgan fingerprint density at radius 2 is 1.94 bits per heavy atom. The Balaban J connectivity index is 2.01. The van der Waals surface area contributed by atoms with Gasteiger partial charge in [0.05, 0.1) is 6.10 Å². The molecule has 0 saturated heterocycles. The van der Waals surface area contributed by atoms with Crippen molar-refractivity contribution in [3.05, 3.63) is 28.5 Å². The van der Waals surface area contributed by atoms with E-state index in [1.54, 1.807) is 0 Å². The molecule has 1 aromatic rings. The van der Waals surface area contributed by atoms with E-state index in [1.165, 1.54) is 18.6 Å². The molecule has 0 bridgehead atoms. The number of hydrogen-bond donors (Lipinski definition) is 0. The number of benzene rings is 1. The SMILES string of the molecule is CC1CCC(Oc2cc(F)cc(Br)c2)CC1C. The minimum atomic E-state index is -0.258. The molecule has 1 aliphatic rings. The van der Waals surface area contributed by atoms with Crippen molar-refractivity contribution in [1.82, 2.24) is 0 Å². The lowest BCUT2D eigenvalue weighted by Gasteiger charge is -2.32. The van der Waals surface area contributed by atoms with Crippen LogP contribution in [0.1, 0.15) is 33.1 Å². The molecule has 3 atom stereocenters. The molecule has 0 radical (unpaired) electrons. The maximum absolute atomic E-state index is 13.2. The van der Waals surface area contributed by atoms with Gasteiger partial charge in [-0.15, -0.1) is 0 Å². The van der Waals surface area contributed by atoms with Crippen LogP contribution in [0.15, 0.2) is 22.7 Å². The fourth-order valence-electron chi connectivity index (χ4n) is 2.39. The van der Waals surface area contributed by atoms with E-state index in [4.69, 9.17) is 4.74 Å². The summed E-state index contributed by atoms with van der Waals surface area (Å²) in [7, 11) is 0. The van der Waals surface area contributed by atoms with Crippen LogP contribution in [-0.4, -0.2) is 6.10 Å². The molecule has 1 aliphatic carbocycles. The molecule has 3 heteroatoms. The smallest absolute Gasteiger partial charge is 0.128 e. The molecule has 1 nitrogen and oxygen atoms in total. The third kappa shape index (κ3) is 3.44. The van der Waals surface area contributed by atoms with E-state index in [9.17, 15) is 4.39 Å². The van der Waals surface area contributed by atoms with E-state index in [-0.39, 0.29) is 11.9 Å². The van der Waals surface area contributed by atoms with Gasteiger partial charge in [-0.2, -0.15) is 0 Å². The molecule has 2 rings (SSSR count). The molecule has 1 fully saturated rings. The minimum absolute atomic E-state index is 0.231. The van der Waals surface area contributed by atoms with Crippen molar-refractivity contribution in [2.75, 3.05) is 0 Å². The summed E-state index contributed by atoms with van der Waals surface area (Å²) in [6.07, 6.45) is 3.56. The van der Waals surface area contributed by atoms with E-state index >= 15 is 0 Å². The van der Waals surface area contributed by atoms with Crippen LogP contribution in [0.2, 0.25) is 0 Å². The van der Waals surface area contributed by atoms with Crippen LogP contribution in [0.5, 0.6) is 5.75 Å². The molecule has 0 aliphatic heterocycles. The van der Waals surface area contributed by atoms with E-state index in [2.05, 4.69) is 29.8 Å². The van der Waals surface area contributed by atoms with Crippen molar-refractivity contribution in [3.8, 4) is 5.75 Å². The molecule has 1 saturated carbocycles. The van der Waals surface area contributed by atoms with E-state index < -0.39 is 0 Å². The lowest BCUT2D eigenvalue weighted by Crippen LogP contribution is -2.28. The molecule has 0 N–H and O–H groups in total. The molecular weight excluding hydrogens is 283 g/mol. The maximum atomic E-state index is 13.2. The molecule has 1 aromatic carbocycles. The summed E-state index contributed by atoms with van der Waals surface area (Å²) >= 11 is 3.28. The minimum Gasteiger partial charge on any atom is -0.490 e. The second kappa shape index (κ2) is 5.38. The summed E-state index contributed by atoms with van der Waals surface area (Å²) in [5.74, 6) is 1.83. The van der Waals surface area contributed by atoms with Crippen LogP contribution >= 0.6 is 15.9 Å². The molecular formula is C14H18BrFO. The van der Waals surface area contributed by atoms with Crippen LogP contribution in [0.4, 0.5) is 4.39 Å². The second-order valence-corrected chi connectivity index (χ2v) is 6.03. The third-order valence-electron chi connectivity index (χ3n) is 3.69. The van der Waals surface area contributed by atoms with Gasteiger partial charge in [-0.05, 0) is 43.2 Å². The Hall–Kier alpha value is -0.570. The predicted molar refractivity (Wildman–Crippen MR) is 70.7 cm³/mol. The lowest BCUT2D eigenvalue weighted by molar-refractivity contribution is 0.100. The first-order valence-electron chi connectivity index (χ1n) is 6.17. The van der Waals surface area contributed by atoms with Crippen LogP contribution in [-0.2, 0) is 0 Å². The van der Waals surface area contributed by atoms with Crippen molar-refractivity contribution in [2.24, 2.45) is 11.8 Å². The molecule has 0 spiro atoms. The number of hydrogen-bond acceptors (Lipinski definition) is 1. The molecule has 0 aromatic heterocycles. The molecule has 17 heavy (non-hydrogen) atoms. The van der Waals surface area contributed by atoms with Crippen molar-refractivity contribution in [3.63, 3.8) is 0 Å². The van der Waals surface area contributed by atoms with Crippen LogP contribution < -0.4 is 4.74 Å². The first kappa shape index (κ1) is 12.9. The maximum Gasteiger partial charge on any atom is 0.128 e. The van der Waals surface area contributed by atoms with Crippen molar-refractivity contribution in [1.29, 1.82) is 0 Å². The first-order valence-corrected chi connectivity index (χ1v) is 6.96. The Labute approximate surface area is 110 Å². The number of ether oxygens (including phenoxy) is 1. The fourth-order valence-corrected chi connectivity index (χ4v) is 2.84. The van der Waals surface area contributed by atoms with Crippen LogP contribution in [0.25, 0.3) is 0 Å². The van der Waals surface area contributed by atoms with E-state index in [0.29, 0.717) is 11.7 Å². The van der Waals surface area contributed by atoms with Gasteiger partial charge < -0.3 is 4.74 Å². The van der Waals surface area contributed by atoms with Crippen LogP contribution in [0, 0.1) is 17.7 Å². The van der Waals surface area contributed by atoms with Gasteiger partial charge in [0, 0.05) is 10.5 Å². The second-order valence-electron chi connectivity index (χ2n) is 5.11. The summed E-state index contributed by atoms with van der Waals surface area (Å²) in [4.78, 5) is 0. The van der Waals surface area contributed by atoms with Gasteiger partial charge in [0.15, 0.2) is 0 Å². The number of halogens is 2. The van der Waals surface area contributed by atoms with Gasteiger partial charge in [0.25, 0.3) is 0 Å². The zero-order chi connectivity index (χ0) is 12.4. The Kier molecular flexibility index (Phi) is 4.08. The van der Waals surface area contributed by atoms with Gasteiger partial charge in [-0.3, -0.25) is 0 Å². The highest BCUT2D eigenvalue weighted by molar-refractivity contribution is 9.10. The predicted octanol–water partition coefficient (Wildman–Crippen LogP) is 4.79. The zero-order valence-corrected chi connectivity index (χ0v) is 11.8. The zero-order valence-electron chi connectivity index (χ0n) is 10.2. The van der Waals surface area contributed by atoms with Gasteiger partial charge in [-0.1, -0.05) is 29.8 Å². The highest BCUT2D eigenvalue weighted by atomic mass is 79.9. The average molecular weight is 301 g/mol. The van der Waals surface area contributed by atoms with Gasteiger partial charge in [0.2, 0.25) is 0 Å². The molecule has 0 heterocycles. The van der Waals surface area contributed by atoms with Crippen LogP contribution in [0.3, 0.4) is 0 Å². The van der Waals surface area contributed by atoms with Gasteiger partial charge >= 0.3 is 0 Å². The quantitative estimate of drug-likeness (QED) is 0.763. The van der Waals surface area contributed by atoms with Crippen molar-refractivity contribution >= 4 is 15.9 Å². The van der Waals surface area contributed by atoms with E-state index in [1.807, 2.05) is 6.07 Å².